The number of hydrogen-bond donors (Lipinski definition) is 0. The summed E-state index contributed by atoms with van der Waals surface area (Å²) in [6.45, 7) is 1.88. The number of methoxy groups -OCH3 is 3. The van der Waals surface area contributed by atoms with Crippen LogP contribution in [-0.4, -0.2) is 95.9 Å². The highest BCUT2D eigenvalue weighted by Crippen LogP contribution is 2.35. The van der Waals surface area contributed by atoms with E-state index in [9.17, 15) is 14.9 Å². The molecule has 1 aliphatic rings. The van der Waals surface area contributed by atoms with E-state index < -0.39 is 23.4 Å². The van der Waals surface area contributed by atoms with E-state index in [0.717, 1.165) is 39.0 Å². The summed E-state index contributed by atoms with van der Waals surface area (Å²) in [5, 5.41) is 11.6. The molecule has 1 saturated heterocycles. The SMILES string of the molecule is COCOC1CN(C(=O)OCCCO[N+](=O)[O-])CC(OCc2cc(OC)c3ccccc3c2)C1c1ccc(OCCCOCc2ccccc2OC)cc1. The highest BCUT2D eigenvalue weighted by atomic mass is 16.9. The summed E-state index contributed by atoms with van der Waals surface area (Å²) in [6, 6.07) is 27.5. The highest BCUT2D eigenvalue weighted by molar-refractivity contribution is 5.89. The topological polar surface area (TPSA) is 147 Å². The fourth-order valence-electron chi connectivity index (χ4n) is 6.40. The molecule has 4 aromatic carbocycles. The number of fused-ring (bicyclic) bond motifs is 1. The molecule has 3 atom stereocenters. The number of para-hydroxylation sites is 1. The van der Waals surface area contributed by atoms with Crippen molar-refractivity contribution < 1.29 is 52.6 Å². The number of nitrogens with zero attached hydrogens (tertiary/aromatic N) is 2. The molecule has 290 valence electrons. The fraction of sp³-hybridized carbons (Fsp3) is 0.425. The first-order valence-corrected chi connectivity index (χ1v) is 17.8. The third-order valence-corrected chi connectivity index (χ3v) is 8.96. The molecule has 0 aliphatic carbocycles. The second kappa shape index (κ2) is 20.9. The maximum atomic E-state index is 13.3. The van der Waals surface area contributed by atoms with Gasteiger partial charge in [-0.15, -0.1) is 10.1 Å². The van der Waals surface area contributed by atoms with Crippen molar-refractivity contribution in [1.29, 1.82) is 0 Å². The van der Waals surface area contributed by atoms with Gasteiger partial charge in [-0.2, -0.15) is 0 Å². The van der Waals surface area contributed by atoms with Crippen LogP contribution >= 0.6 is 0 Å². The molecule has 14 nitrogen and oxygen atoms in total. The Bertz CT molecular complexity index is 1770. The van der Waals surface area contributed by atoms with Crippen LogP contribution in [0.4, 0.5) is 4.79 Å². The molecule has 1 amide bonds. The van der Waals surface area contributed by atoms with E-state index in [-0.39, 0.29) is 52.0 Å². The van der Waals surface area contributed by atoms with Gasteiger partial charge in [0.1, 0.15) is 24.0 Å². The zero-order valence-electron chi connectivity index (χ0n) is 30.9. The summed E-state index contributed by atoms with van der Waals surface area (Å²) in [7, 11) is 4.82. The molecule has 5 rings (SSSR count). The van der Waals surface area contributed by atoms with Crippen LogP contribution in [0.5, 0.6) is 17.2 Å². The molecule has 0 spiro atoms. The monoisotopic (exact) mass is 748 g/mol. The van der Waals surface area contributed by atoms with Crippen LogP contribution in [0.1, 0.15) is 35.4 Å². The van der Waals surface area contributed by atoms with Crippen molar-refractivity contribution in [3.8, 4) is 17.2 Å². The number of rotatable bonds is 21. The van der Waals surface area contributed by atoms with Gasteiger partial charge in [0, 0.05) is 36.8 Å². The van der Waals surface area contributed by atoms with Gasteiger partial charge in [0.25, 0.3) is 5.09 Å². The molecule has 0 N–H and O–H groups in total. The Labute approximate surface area is 314 Å². The molecule has 1 heterocycles. The first-order chi connectivity index (χ1) is 26.4. The van der Waals surface area contributed by atoms with Crippen LogP contribution in [0.2, 0.25) is 0 Å². The minimum Gasteiger partial charge on any atom is -0.496 e. The number of likely N-dealkylation sites (tertiary alicyclic amines) is 1. The van der Waals surface area contributed by atoms with Gasteiger partial charge < -0.3 is 47.6 Å². The first-order valence-electron chi connectivity index (χ1n) is 17.8. The van der Waals surface area contributed by atoms with Gasteiger partial charge in [0.05, 0.1) is 79.2 Å². The quantitative estimate of drug-likeness (QED) is 0.0394. The summed E-state index contributed by atoms with van der Waals surface area (Å²) in [4.78, 5) is 29.6. The number of amides is 1. The van der Waals surface area contributed by atoms with Crippen LogP contribution in [0.25, 0.3) is 10.8 Å². The van der Waals surface area contributed by atoms with Gasteiger partial charge in [-0.3, -0.25) is 0 Å². The van der Waals surface area contributed by atoms with E-state index >= 15 is 0 Å². The smallest absolute Gasteiger partial charge is 0.409 e. The summed E-state index contributed by atoms with van der Waals surface area (Å²) in [6.07, 6.45) is -0.752. The molecule has 0 radical (unpaired) electrons. The molecule has 0 aromatic heterocycles. The van der Waals surface area contributed by atoms with Crippen LogP contribution in [0.3, 0.4) is 0 Å². The summed E-state index contributed by atoms with van der Waals surface area (Å²) >= 11 is 0. The van der Waals surface area contributed by atoms with Gasteiger partial charge in [-0.05, 0) is 46.8 Å². The Balaban J connectivity index is 1.27. The van der Waals surface area contributed by atoms with E-state index in [1.807, 2.05) is 78.9 Å². The number of carbonyl (C=O) groups excluding carboxylic acids is 1. The Hall–Kier alpha value is -5.15. The summed E-state index contributed by atoms with van der Waals surface area (Å²) in [5.74, 6) is 1.95. The third-order valence-electron chi connectivity index (χ3n) is 8.96. The normalized spacial score (nSPS) is 16.9. The Kier molecular flexibility index (Phi) is 15.5. The molecular formula is C40H48N2O12. The van der Waals surface area contributed by atoms with Crippen molar-refractivity contribution >= 4 is 16.9 Å². The van der Waals surface area contributed by atoms with E-state index in [4.69, 9.17) is 37.9 Å². The lowest BCUT2D eigenvalue weighted by atomic mass is 9.84. The van der Waals surface area contributed by atoms with Crippen molar-refractivity contribution in [1.82, 2.24) is 4.90 Å². The number of carbonyl (C=O) groups is 1. The molecule has 1 aliphatic heterocycles. The zero-order valence-corrected chi connectivity index (χ0v) is 30.9. The van der Waals surface area contributed by atoms with E-state index in [1.54, 1.807) is 14.2 Å². The molecular weight excluding hydrogens is 700 g/mol. The Morgan fingerprint density at radius 1 is 0.796 bits per heavy atom. The average Bonchev–Trinajstić information content (AvgIpc) is 3.20. The maximum absolute atomic E-state index is 13.3. The molecule has 4 aromatic rings. The number of piperidine rings is 1. The number of ether oxygens (including phenoxy) is 8. The largest absolute Gasteiger partial charge is 0.496 e. The van der Waals surface area contributed by atoms with E-state index in [2.05, 4.69) is 10.9 Å². The Morgan fingerprint density at radius 2 is 1.52 bits per heavy atom. The summed E-state index contributed by atoms with van der Waals surface area (Å²) < 4.78 is 46.5. The van der Waals surface area contributed by atoms with E-state index in [1.165, 1.54) is 12.0 Å². The number of hydrogen-bond acceptors (Lipinski definition) is 12. The van der Waals surface area contributed by atoms with Crippen LogP contribution in [0.15, 0.2) is 84.9 Å². The van der Waals surface area contributed by atoms with Crippen molar-refractivity contribution in [2.45, 2.75) is 44.2 Å². The maximum Gasteiger partial charge on any atom is 0.409 e. The molecule has 54 heavy (non-hydrogen) atoms. The first kappa shape index (κ1) is 40.0. The zero-order chi connectivity index (χ0) is 38.1. The minimum atomic E-state index is -0.878. The predicted molar refractivity (Wildman–Crippen MR) is 198 cm³/mol. The lowest BCUT2D eigenvalue weighted by Crippen LogP contribution is -2.54. The lowest BCUT2D eigenvalue weighted by Gasteiger charge is -2.43. The van der Waals surface area contributed by atoms with Crippen LogP contribution in [0, 0.1) is 10.1 Å². The predicted octanol–water partition coefficient (Wildman–Crippen LogP) is 6.55. The van der Waals surface area contributed by atoms with Crippen molar-refractivity contribution in [2.75, 3.05) is 67.6 Å². The van der Waals surface area contributed by atoms with E-state index in [0.29, 0.717) is 32.0 Å². The van der Waals surface area contributed by atoms with Gasteiger partial charge in [0.15, 0.2) is 0 Å². The van der Waals surface area contributed by atoms with Gasteiger partial charge >= 0.3 is 6.09 Å². The fourth-order valence-corrected chi connectivity index (χ4v) is 6.40. The van der Waals surface area contributed by atoms with Gasteiger partial charge in [0.2, 0.25) is 0 Å². The Morgan fingerprint density at radius 3 is 2.28 bits per heavy atom. The van der Waals surface area contributed by atoms with Crippen LogP contribution in [-0.2, 0) is 41.7 Å². The highest BCUT2D eigenvalue weighted by Gasteiger charge is 2.41. The average molecular weight is 749 g/mol. The minimum absolute atomic E-state index is 0.00278. The third kappa shape index (κ3) is 11.4. The molecule has 14 heteroatoms. The number of benzene rings is 4. The molecule has 1 fully saturated rings. The lowest BCUT2D eigenvalue weighted by molar-refractivity contribution is -0.757. The molecule has 3 unspecified atom stereocenters. The van der Waals surface area contributed by atoms with Crippen molar-refractivity contribution in [3.05, 3.63) is 112 Å². The molecule has 0 saturated carbocycles. The van der Waals surface area contributed by atoms with Gasteiger partial charge in [-0.1, -0.05) is 54.6 Å². The van der Waals surface area contributed by atoms with Crippen LogP contribution < -0.4 is 14.2 Å². The van der Waals surface area contributed by atoms with Crippen molar-refractivity contribution in [2.24, 2.45) is 0 Å². The second-order valence-electron chi connectivity index (χ2n) is 12.6. The summed E-state index contributed by atoms with van der Waals surface area (Å²) in [5.41, 5.74) is 2.83. The standard InChI is InChI=1S/C40H48N2O12/c1-46-28-53-38-25-41(40(43)51-20-9-21-54-42(44)45)24-37(52-26-29-22-31-10-4-6-12-34(31)36(23-29)48-3)39(38)30-14-16-33(17-15-30)50-19-8-18-49-27-32-11-5-7-13-35(32)47-2/h4-7,10-17,22-23,37-39H,8-9,18-21,24-28H2,1-3H3. The van der Waals surface area contributed by atoms with Gasteiger partial charge in [-0.25, -0.2) is 4.79 Å². The van der Waals surface area contributed by atoms with Crippen molar-refractivity contribution in [3.63, 3.8) is 0 Å². The molecule has 0 bridgehead atoms. The second-order valence-corrected chi connectivity index (χ2v) is 12.6.